The molecule has 2 rings (SSSR count). The summed E-state index contributed by atoms with van der Waals surface area (Å²) in [5.74, 6) is 0.933. The molecule has 1 aliphatic carbocycles. The molecule has 2 nitrogen and oxygen atoms in total. The lowest BCUT2D eigenvalue weighted by Gasteiger charge is -2.39. The Morgan fingerprint density at radius 2 is 1.84 bits per heavy atom. The third-order valence-corrected chi connectivity index (χ3v) is 4.34. The minimum atomic E-state index is 0.114. The first-order chi connectivity index (χ1) is 9.01. The lowest BCUT2D eigenvalue weighted by Crippen LogP contribution is -2.33. The van der Waals surface area contributed by atoms with Crippen molar-refractivity contribution in [2.75, 3.05) is 0 Å². The van der Waals surface area contributed by atoms with E-state index in [0.29, 0.717) is 0 Å². The summed E-state index contributed by atoms with van der Waals surface area (Å²) in [5, 5.41) is 0. The predicted octanol–water partition coefficient (Wildman–Crippen LogP) is 4.44. The van der Waals surface area contributed by atoms with Crippen LogP contribution in [0, 0.1) is 5.41 Å². The highest BCUT2D eigenvalue weighted by atomic mass is 16.5. The lowest BCUT2D eigenvalue weighted by molar-refractivity contribution is 0.169. The molecule has 0 radical (unpaired) electrons. The number of rotatable bonds is 4. The first-order valence-electron chi connectivity index (χ1n) is 7.53. The lowest BCUT2D eigenvalue weighted by atomic mass is 9.69. The normalized spacial score (nSPS) is 20.3. The van der Waals surface area contributed by atoms with Crippen LogP contribution in [0.2, 0.25) is 0 Å². The van der Waals surface area contributed by atoms with Crippen LogP contribution in [0.1, 0.15) is 64.5 Å². The van der Waals surface area contributed by atoms with Gasteiger partial charge in [-0.15, -0.1) is 0 Å². The third-order valence-electron chi connectivity index (χ3n) is 4.34. The van der Waals surface area contributed by atoms with Gasteiger partial charge in [-0.3, -0.25) is 0 Å². The summed E-state index contributed by atoms with van der Waals surface area (Å²) in [6.45, 7) is 6.44. The van der Waals surface area contributed by atoms with Gasteiger partial charge >= 0.3 is 0 Å². The van der Waals surface area contributed by atoms with Crippen molar-refractivity contribution in [2.24, 2.45) is 11.1 Å². The van der Waals surface area contributed by atoms with E-state index < -0.39 is 0 Å². The van der Waals surface area contributed by atoms with Crippen LogP contribution < -0.4 is 10.5 Å². The highest BCUT2D eigenvalue weighted by Crippen LogP contribution is 2.44. The third kappa shape index (κ3) is 3.50. The molecule has 0 spiro atoms. The molecule has 0 aliphatic heterocycles. The molecule has 0 aromatic heterocycles. The molecule has 1 fully saturated rings. The van der Waals surface area contributed by atoms with Gasteiger partial charge in [0, 0.05) is 6.04 Å². The first kappa shape index (κ1) is 14.4. The van der Waals surface area contributed by atoms with Crippen molar-refractivity contribution in [3.8, 4) is 5.75 Å². The molecule has 106 valence electrons. The fraction of sp³-hybridized carbons (Fsp3) is 0.647. The van der Waals surface area contributed by atoms with Crippen molar-refractivity contribution >= 4 is 0 Å². The largest absolute Gasteiger partial charge is 0.491 e. The van der Waals surface area contributed by atoms with Gasteiger partial charge in [0.2, 0.25) is 0 Å². The fourth-order valence-electron chi connectivity index (χ4n) is 3.13. The van der Waals surface area contributed by atoms with Crippen LogP contribution in [0.15, 0.2) is 24.3 Å². The average Bonchev–Trinajstić information content (AvgIpc) is 2.38. The van der Waals surface area contributed by atoms with E-state index in [1.54, 1.807) is 0 Å². The van der Waals surface area contributed by atoms with Crippen LogP contribution in [0.3, 0.4) is 0 Å². The Morgan fingerprint density at radius 3 is 2.47 bits per heavy atom. The minimum absolute atomic E-state index is 0.114. The number of ether oxygens (including phenoxy) is 1. The zero-order valence-corrected chi connectivity index (χ0v) is 12.5. The van der Waals surface area contributed by atoms with E-state index in [-0.39, 0.29) is 17.6 Å². The molecule has 1 atom stereocenters. The summed E-state index contributed by atoms with van der Waals surface area (Å²) in [5.41, 5.74) is 8.00. The maximum atomic E-state index is 6.55. The predicted molar refractivity (Wildman–Crippen MR) is 80.3 cm³/mol. The van der Waals surface area contributed by atoms with Gasteiger partial charge in [0.15, 0.2) is 0 Å². The molecule has 0 saturated heterocycles. The van der Waals surface area contributed by atoms with E-state index in [0.717, 1.165) is 5.75 Å². The van der Waals surface area contributed by atoms with Gasteiger partial charge in [0.1, 0.15) is 5.75 Å². The molecule has 1 unspecified atom stereocenters. The van der Waals surface area contributed by atoms with Gasteiger partial charge in [0.05, 0.1) is 6.10 Å². The quantitative estimate of drug-likeness (QED) is 0.869. The first-order valence-corrected chi connectivity index (χ1v) is 7.53. The van der Waals surface area contributed by atoms with Gasteiger partial charge in [-0.05, 0) is 49.8 Å². The molecule has 19 heavy (non-hydrogen) atoms. The van der Waals surface area contributed by atoms with Crippen LogP contribution in [0.25, 0.3) is 0 Å². The van der Waals surface area contributed by atoms with E-state index in [2.05, 4.69) is 39.0 Å². The van der Waals surface area contributed by atoms with Crippen LogP contribution in [-0.4, -0.2) is 6.10 Å². The van der Waals surface area contributed by atoms with Crippen molar-refractivity contribution in [3.05, 3.63) is 29.8 Å². The van der Waals surface area contributed by atoms with Crippen molar-refractivity contribution < 1.29 is 4.74 Å². The van der Waals surface area contributed by atoms with Crippen molar-refractivity contribution in [3.63, 3.8) is 0 Å². The molecule has 2 N–H and O–H groups in total. The standard InChI is InChI=1S/C17H27NO/c1-13(2)19-15-9-7-8-14(12-15)16(18)17(3)10-5-4-6-11-17/h7-9,12-13,16H,4-6,10-11,18H2,1-3H3. The van der Waals surface area contributed by atoms with Crippen LogP contribution in [0.4, 0.5) is 0 Å². The molecular weight excluding hydrogens is 234 g/mol. The monoisotopic (exact) mass is 261 g/mol. The number of hydrogen-bond acceptors (Lipinski definition) is 2. The van der Waals surface area contributed by atoms with Crippen LogP contribution in [0.5, 0.6) is 5.75 Å². The number of nitrogens with two attached hydrogens (primary N) is 1. The summed E-state index contributed by atoms with van der Waals surface area (Å²) in [6.07, 6.45) is 6.67. The zero-order chi connectivity index (χ0) is 13.9. The number of hydrogen-bond donors (Lipinski definition) is 1. The van der Waals surface area contributed by atoms with Crippen molar-refractivity contribution in [1.29, 1.82) is 0 Å². The minimum Gasteiger partial charge on any atom is -0.491 e. The molecule has 1 aromatic carbocycles. The summed E-state index contributed by atoms with van der Waals surface area (Å²) in [6, 6.07) is 8.43. The Balaban J connectivity index is 2.16. The van der Waals surface area contributed by atoms with Gasteiger partial charge in [-0.2, -0.15) is 0 Å². The van der Waals surface area contributed by atoms with Crippen molar-refractivity contribution in [2.45, 2.75) is 65.0 Å². The molecule has 0 bridgehead atoms. The molecule has 1 aliphatic rings. The van der Waals surface area contributed by atoms with Gasteiger partial charge in [0.25, 0.3) is 0 Å². The molecule has 0 amide bonds. The average molecular weight is 261 g/mol. The maximum absolute atomic E-state index is 6.55. The Labute approximate surface area is 117 Å². The topological polar surface area (TPSA) is 35.2 Å². The maximum Gasteiger partial charge on any atom is 0.120 e. The summed E-state index contributed by atoms with van der Waals surface area (Å²) < 4.78 is 5.77. The summed E-state index contributed by atoms with van der Waals surface area (Å²) in [4.78, 5) is 0. The second kappa shape index (κ2) is 5.96. The van der Waals surface area contributed by atoms with E-state index in [1.807, 2.05) is 6.07 Å². The Morgan fingerprint density at radius 1 is 1.16 bits per heavy atom. The van der Waals surface area contributed by atoms with Gasteiger partial charge in [-0.25, -0.2) is 0 Å². The summed E-state index contributed by atoms with van der Waals surface area (Å²) >= 11 is 0. The van der Waals surface area contributed by atoms with Gasteiger partial charge in [-0.1, -0.05) is 38.3 Å². The van der Waals surface area contributed by atoms with E-state index in [4.69, 9.17) is 10.5 Å². The van der Waals surface area contributed by atoms with Crippen LogP contribution >= 0.6 is 0 Å². The molecule has 1 saturated carbocycles. The molecular formula is C17H27NO. The highest BCUT2D eigenvalue weighted by Gasteiger charge is 2.34. The van der Waals surface area contributed by atoms with Gasteiger partial charge < -0.3 is 10.5 Å². The Hall–Kier alpha value is -1.02. The fourth-order valence-corrected chi connectivity index (χ4v) is 3.13. The Kier molecular flexibility index (Phi) is 4.51. The molecule has 2 heteroatoms. The van der Waals surface area contributed by atoms with E-state index in [1.165, 1.54) is 37.7 Å². The summed E-state index contributed by atoms with van der Waals surface area (Å²) in [7, 11) is 0. The highest BCUT2D eigenvalue weighted by molar-refractivity contribution is 5.31. The Bertz CT molecular complexity index is 407. The van der Waals surface area contributed by atoms with Crippen LogP contribution in [-0.2, 0) is 0 Å². The molecule has 1 aromatic rings. The molecule has 0 heterocycles. The van der Waals surface area contributed by atoms with E-state index in [9.17, 15) is 0 Å². The van der Waals surface area contributed by atoms with Crippen molar-refractivity contribution in [1.82, 2.24) is 0 Å². The smallest absolute Gasteiger partial charge is 0.120 e. The zero-order valence-electron chi connectivity index (χ0n) is 12.5. The SMILES string of the molecule is CC(C)Oc1cccc(C(N)C2(C)CCCCC2)c1. The second-order valence-electron chi connectivity index (χ2n) is 6.43. The number of benzene rings is 1. The second-order valence-corrected chi connectivity index (χ2v) is 6.43. The van der Waals surface area contributed by atoms with E-state index >= 15 is 0 Å².